The second kappa shape index (κ2) is 4.78. The Balaban J connectivity index is 3.46. The first-order valence-electron chi connectivity index (χ1n) is 2.59. The number of hydrogen-bond donors (Lipinski definition) is 0. The monoisotopic (exact) mass is 240 g/mol. The van der Waals surface area contributed by atoms with E-state index in [1.165, 1.54) is 6.08 Å². The third kappa shape index (κ3) is 4.44. The number of hydrogen-bond acceptors (Lipinski definition) is 2. The lowest BCUT2D eigenvalue weighted by Crippen LogP contribution is -2.13. The van der Waals surface area contributed by atoms with E-state index in [4.69, 9.17) is 4.74 Å². The summed E-state index contributed by atoms with van der Waals surface area (Å²) in [6, 6.07) is 0. The lowest BCUT2D eigenvalue weighted by molar-refractivity contribution is -0.140. The molecule has 2 nitrogen and oxygen atoms in total. The standard InChI is InChI=1S/C6H9IO2/c1-3-6(8)9-5(2)4-7/h3,5H,1,4H2,2H3. The summed E-state index contributed by atoms with van der Waals surface area (Å²) in [7, 11) is 0. The maximum Gasteiger partial charge on any atom is 0.330 e. The van der Waals surface area contributed by atoms with Gasteiger partial charge in [0, 0.05) is 10.5 Å². The molecule has 0 fully saturated rings. The molecule has 0 aliphatic rings. The van der Waals surface area contributed by atoms with Crippen molar-refractivity contribution in [2.24, 2.45) is 0 Å². The molecule has 0 aromatic rings. The number of rotatable bonds is 3. The third-order valence-corrected chi connectivity index (χ3v) is 1.94. The molecular formula is C6H9IO2. The molecule has 0 aliphatic carbocycles. The van der Waals surface area contributed by atoms with Crippen LogP contribution in [0, 0.1) is 0 Å². The van der Waals surface area contributed by atoms with Gasteiger partial charge in [-0.1, -0.05) is 29.2 Å². The maximum atomic E-state index is 10.4. The van der Waals surface area contributed by atoms with Crippen LogP contribution in [-0.4, -0.2) is 16.5 Å². The molecule has 0 saturated heterocycles. The minimum atomic E-state index is -0.348. The van der Waals surface area contributed by atoms with Gasteiger partial charge in [-0.3, -0.25) is 0 Å². The second-order valence-corrected chi connectivity index (χ2v) is 2.49. The Morgan fingerprint density at radius 1 is 2.00 bits per heavy atom. The molecule has 0 rings (SSSR count). The van der Waals surface area contributed by atoms with Crippen molar-refractivity contribution >= 4 is 28.6 Å². The number of ether oxygens (including phenoxy) is 1. The Morgan fingerprint density at radius 3 is 2.89 bits per heavy atom. The first-order chi connectivity index (χ1) is 4.20. The SMILES string of the molecule is C=CC(=O)OC(C)CI. The van der Waals surface area contributed by atoms with Crippen molar-refractivity contribution in [2.75, 3.05) is 4.43 Å². The summed E-state index contributed by atoms with van der Waals surface area (Å²) in [6.45, 7) is 5.11. The smallest absolute Gasteiger partial charge is 0.330 e. The minimum absolute atomic E-state index is 0.00361. The van der Waals surface area contributed by atoms with E-state index < -0.39 is 0 Å². The average Bonchev–Trinajstić information content (AvgIpc) is 1.87. The summed E-state index contributed by atoms with van der Waals surface area (Å²) < 4.78 is 5.60. The van der Waals surface area contributed by atoms with Crippen LogP contribution in [0.5, 0.6) is 0 Å². The predicted octanol–water partition coefficient (Wildman–Crippen LogP) is 1.54. The van der Waals surface area contributed by atoms with Gasteiger partial charge in [-0.15, -0.1) is 0 Å². The molecule has 0 aromatic heterocycles. The van der Waals surface area contributed by atoms with Gasteiger partial charge in [0.25, 0.3) is 0 Å². The van der Waals surface area contributed by atoms with Gasteiger partial charge in [0.1, 0.15) is 6.10 Å². The van der Waals surface area contributed by atoms with E-state index in [0.29, 0.717) is 0 Å². The molecule has 0 bridgehead atoms. The molecule has 0 amide bonds. The molecule has 1 unspecified atom stereocenters. The van der Waals surface area contributed by atoms with Gasteiger partial charge in [-0.05, 0) is 6.92 Å². The minimum Gasteiger partial charge on any atom is -0.459 e. The number of esters is 1. The highest BCUT2D eigenvalue weighted by molar-refractivity contribution is 14.1. The van der Waals surface area contributed by atoms with Crippen molar-refractivity contribution < 1.29 is 9.53 Å². The van der Waals surface area contributed by atoms with Crippen LogP contribution in [0.1, 0.15) is 6.92 Å². The van der Waals surface area contributed by atoms with Crippen LogP contribution in [0.2, 0.25) is 0 Å². The summed E-state index contributed by atoms with van der Waals surface area (Å²) >= 11 is 2.15. The quantitative estimate of drug-likeness (QED) is 0.323. The van der Waals surface area contributed by atoms with Crippen molar-refractivity contribution in [3.8, 4) is 0 Å². The van der Waals surface area contributed by atoms with Crippen LogP contribution in [-0.2, 0) is 9.53 Å². The molecule has 0 spiro atoms. The zero-order valence-corrected chi connectivity index (χ0v) is 7.42. The second-order valence-electron chi connectivity index (χ2n) is 1.61. The van der Waals surface area contributed by atoms with Gasteiger partial charge >= 0.3 is 5.97 Å². The normalized spacial score (nSPS) is 12.2. The largest absolute Gasteiger partial charge is 0.459 e. The van der Waals surface area contributed by atoms with Gasteiger partial charge in [0.2, 0.25) is 0 Å². The Labute approximate surface area is 68.4 Å². The van der Waals surface area contributed by atoms with Gasteiger partial charge in [0.15, 0.2) is 0 Å². The van der Waals surface area contributed by atoms with E-state index >= 15 is 0 Å². The molecule has 3 heteroatoms. The van der Waals surface area contributed by atoms with Crippen LogP contribution < -0.4 is 0 Å². The highest BCUT2D eigenvalue weighted by Gasteiger charge is 2.01. The van der Waals surface area contributed by atoms with E-state index in [0.717, 1.165) is 4.43 Å². The number of halogens is 1. The fourth-order valence-corrected chi connectivity index (χ4v) is 0.458. The number of carbonyl (C=O) groups is 1. The van der Waals surface area contributed by atoms with Crippen LogP contribution in [0.3, 0.4) is 0 Å². The molecule has 0 saturated carbocycles. The summed E-state index contributed by atoms with van der Waals surface area (Å²) in [5.74, 6) is -0.348. The van der Waals surface area contributed by atoms with Crippen LogP contribution in [0.25, 0.3) is 0 Å². The van der Waals surface area contributed by atoms with E-state index in [9.17, 15) is 4.79 Å². The van der Waals surface area contributed by atoms with E-state index in [2.05, 4.69) is 29.2 Å². The zero-order chi connectivity index (χ0) is 7.28. The number of alkyl halides is 1. The lowest BCUT2D eigenvalue weighted by Gasteiger charge is -2.06. The van der Waals surface area contributed by atoms with Gasteiger partial charge < -0.3 is 4.74 Å². The summed E-state index contributed by atoms with van der Waals surface area (Å²) in [6.07, 6.45) is 1.17. The van der Waals surface area contributed by atoms with Crippen LogP contribution >= 0.6 is 22.6 Å². The highest BCUT2D eigenvalue weighted by Crippen LogP contribution is 1.96. The molecule has 0 heterocycles. The van der Waals surface area contributed by atoms with Crippen LogP contribution in [0.4, 0.5) is 0 Å². The van der Waals surface area contributed by atoms with Gasteiger partial charge in [-0.25, -0.2) is 4.79 Å². The summed E-state index contributed by atoms with van der Waals surface area (Å²) in [5, 5.41) is 0. The Hall–Kier alpha value is -0.0600. The fraction of sp³-hybridized carbons (Fsp3) is 0.500. The summed E-state index contributed by atoms with van der Waals surface area (Å²) in [4.78, 5) is 10.4. The first kappa shape index (κ1) is 8.94. The highest BCUT2D eigenvalue weighted by atomic mass is 127. The van der Waals surface area contributed by atoms with Crippen molar-refractivity contribution in [3.05, 3.63) is 12.7 Å². The van der Waals surface area contributed by atoms with Crippen molar-refractivity contribution in [3.63, 3.8) is 0 Å². The van der Waals surface area contributed by atoms with Crippen molar-refractivity contribution in [1.82, 2.24) is 0 Å². The van der Waals surface area contributed by atoms with Crippen molar-refractivity contribution in [1.29, 1.82) is 0 Å². The van der Waals surface area contributed by atoms with E-state index in [-0.39, 0.29) is 12.1 Å². The Morgan fingerprint density at radius 2 is 2.56 bits per heavy atom. The van der Waals surface area contributed by atoms with Gasteiger partial charge in [-0.2, -0.15) is 0 Å². The predicted molar refractivity (Wildman–Crippen MR) is 44.6 cm³/mol. The molecule has 9 heavy (non-hydrogen) atoms. The maximum absolute atomic E-state index is 10.4. The zero-order valence-electron chi connectivity index (χ0n) is 5.26. The molecular weight excluding hydrogens is 231 g/mol. The molecule has 0 aromatic carbocycles. The lowest BCUT2D eigenvalue weighted by atomic mass is 10.5. The molecule has 52 valence electrons. The average molecular weight is 240 g/mol. The van der Waals surface area contributed by atoms with E-state index in [1.807, 2.05) is 6.92 Å². The molecule has 1 atom stereocenters. The van der Waals surface area contributed by atoms with Crippen molar-refractivity contribution in [2.45, 2.75) is 13.0 Å². The van der Waals surface area contributed by atoms with Crippen LogP contribution in [0.15, 0.2) is 12.7 Å². The first-order valence-corrected chi connectivity index (χ1v) is 4.12. The van der Waals surface area contributed by atoms with Gasteiger partial charge in [0.05, 0.1) is 0 Å². The molecule has 0 aliphatic heterocycles. The Kier molecular flexibility index (Phi) is 4.75. The third-order valence-electron chi connectivity index (χ3n) is 0.701. The number of carbonyl (C=O) groups excluding carboxylic acids is 1. The molecule has 0 N–H and O–H groups in total. The molecule has 0 radical (unpaired) electrons. The Bertz CT molecular complexity index is 112. The fourth-order valence-electron chi connectivity index (χ4n) is 0.278. The topological polar surface area (TPSA) is 26.3 Å². The summed E-state index contributed by atoms with van der Waals surface area (Å²) in [5.41, 5.74) is 0. The van der Waals surface area contributed by atoms with E-state index in [1.54, 1.807) is 0 Å².